The largest absolute Gasteiger partial charge is 0.388 e. The van der Waals surface area contributed by atoms with Crippen molar-refractivity contribution in [3.63, 3.8) is 0 Å². The second-order valence-corrected chi connectivity index (χ2v) is 4.71. The van der Waals surface area contributed by atoms with E-state index in [1.54, 1.807) is 20.0 Å². The highest BCUT2D eigenvalue weighted by Gasteiger charge is 2.25. The van der Waals surface area contributed by atoms with Gasteiger partial charge in [0.15, 0.2) is 0 Å². The van der Waals surface area contributed by atoms with Crippen LogP contribution in [-0.4, -0.2) is 20.5 Å². The van der Waals surface area contributed by atoms with Gasteiger partial charge in [-0.3, -0.25) is 4.68 Å². The Morgan fingerprint density at radius 1 is 1.62 bits per heavy atom. The Morgan fingerprint density at radius 2 is 2.15 bits per heavy atom. The molecule has 4 heteroatoms. The van der Waals surface area contributed by atoms with Crippen LogP contribution in [0.2, 0.25) is 0 Å². The summed E-state index contributed by atoms with van der Waals surface area (Å²) in [4.78, 5) is 0. The number of halogens is 1. The predicted octanol–water partition coefficient (Wildman–Crippen LogP) is 2.29. The molecule has 0 aliphatic heterocycles. The molecule has 3 nitrogen and oxygen atoms in total. The molecule has 1 unspecified atom stereocenters. The second-order valence-electron chi connectivity index (χ2n) is 3.85. The van der Waals surface area contributed by atoms with E-state index < -0.39 is 5.60 Å². The molecule has 1 aromatic heterocycles. The van der Waals surface area contributed by atoms with E-state index in [2.05, 4.69) is 21.0 Å². The standard InChI is InChI=1S/C9H15BrN2O/c1-6-8(10)5-11-12(6)7(2)9(3,4)13/h5,7,13H,1-4H3. The Balaban J connectivity index is 3.02. The van der Waals surface area contributed by atoms with Gasteiger partial charge in [0, 0.05) is 5.69 Å². The summed E-state index contributed by atoms with van der Waals surface area (Å²) in [6.45, 7) is 7.49. The molecule has 0 saturated carbocycles. The normalized spacial score (nSPS) is 14.6. The number of hydrogen-bond donors (Lipinski definition) is 1. The molecule has 1 aromatic rings. The molecule has 0 aromatic carbocycles. The lowest BCUT2D eigenvalue weighted by atomic mass is 10.0. The summed E-state index contributed by atoms with van der Waals surface area (Å²) >= 11 is 3.39. The van der Waals surface area contributed by atoms with E-state index in [4.69, 9.17) is 0 Å². The second kappa shape index (κ2) is 3.42. The maximum atomic E-state index is 9.80. The van der Waals surface area contributed by atoms with E-state index in [0.29, 0.717) is 0 Å². The average molecular weight is 247 g/mol. The quantitative estimate of drug-likeness (QED) is 0.870. The monoisotopic (exact) mass is 246 g/mol. The van der Waals surface area contributed by atoms with E-state index in [1.807, 2.05) is 18.5 Å². The van der Waals surface area contributed by atoms with Crippen LogP contribution >= 0.6 is 15.9 Å². The Labute approximate surface area is 86.9 Å². The summed E-state index contributed by atoms with van der Waals surface area (Å²) in [7, 11) is 0. The van der Waals surface area contributed by atoms with Crippen LogP contribution in [-0.2, 0) is 0 Å². The lowest BCUT2D eigenvalue weighted by molar-refractivity contribution is 0.0249. The first-order valence-corrected chi connectivity index (χ1v) is 5.05. The summed E-state index contributed by atoms with van der Waals surface area (Å²) in [6.07, 6.45) is 1.75. The number of aliphatic hydroxyl groups is 1. The lowest BCUT2D eigenvalue weighted by Gasteiger charge is -2.27. The number of rotatable bonds is 2. The van der Waals surface area contributed by atoms with Gasteiger partial charge < -0.3 is 5.11 Å². The molecule has 1 N–H and O–H groups in total. The van der Waals surface area contributed by atoms with E-state index in [9.17, 15) is 5.11 Å². The van der Waals surface area contributed by atoms with Crippen LogP contribution in [0.25, 0.3) is 0 Å². The zero-order valence-electron chi connectivity index (χ0n) is 8.37. The number of nitrogens with zero attached hydrogens (tertiary/aromatic N) is 2. The first kappa shape index (κ1) is 10.7. The van der Waals surface area contributed by atoms with Crippen molar-refractivity contribution in [2.75, 3.05) is 0 Å². The van der Waals surface area contributed by atoms with Crippen LogP contribution in [0.1, 0.15) is 32.5 Å². The Hall–Kier alpha value is -0.350. The zero-order chi connectivity index (χ0) is 10.2. The highest BCUT2D eigenvalue weighted by atomic mass is 79.9. The van der Waals surface area contributed by atoms with Gasteiger partial charge >= 0.3 is 0 Å². The molecule has 0 aliphatic rings. The minimum atomic E-state index is -0.754. The van der Waals surface area contributed by atoms with Crippen molar-refractivity contribution in [2.24, 2.45) is 0 Å². The van der Waals surface area contributed by atoms with Gasteiger partial charge in [-0.1, -0.05) is 0 Å². The Kier molecular flexibility index (Phi) is 2.82. The third-order valence-corrected chi connectivity index (χ3v) is 3.15. The maximum Gasteiger partial charge on any atom is 0.0812 e. The van der Waals surface area contributed by atoms with Crippen molar-refractivity contribution < 1.29 is 5.11 Å². The van der Waals surface area contributed by atoms with Gasteiger partial charge in [-0.05, 0) is 43.6 Å². The summed E-state index contributed by atoms with van der Waals surface area (Å²) in [6, 6.07) is -0.0289. The third-order valence-electron chi connectivity index (χ3n) is 2.37. The molecule has 0 amide bonds. The molecule has 0 bridgehead atoms. The Bertz CT molecular complexity index is 301. The van der Waals surface area contributed by atoms with Crippen LogP contribution in [0.3, 0.4) is 0 Å². The Morgan fingerprint density at radius 3 is 2.46 bits per heavy atom. The van der Waals surface area contributed by atoms with E-state index in [0.717, 1.165) is 10.2 Å². The summed E-state index contributed by atoms with van der Waals surface area (Å²) in [5.41, 5.74) is 0.283. The third kappa shape index (κ3) is 2.11. The van der Waals surface area contributed by atoms with Crippen molar-refractivity contribution >= 4 is 15.9 Å². The van der Waals surface area contributed by atoms with E-state index in [1.165, 1.54) is 0 Å². The van der Waals surface area contributed by atoms with Crippen LogP contribution < -0.4 is 0 Å². The fourth-order valence-corrected chi connectivity index (χ4v) is 1.37. The maximum absolute atomic E-state index is 9.80. The highest BCUT2D eigenvalue weighted by Crippen LogP contribution is 2.25. The van der Waals surface area contributed by atoms with Gasteiger partial charge in [-0.15, -0.1) is 0 Å². The van der Waals surface area contributed by atoms with Crippen molar-refractivity contribution in [3.05, 3.63) is 16.4 Å². The molecule has 74 valence electrons. The van der Waals surface area contributed by atoms with Gasteiger partial charge in [-0.2, -0.15) is 5.10 Å². The molecule has 0 aliphatic carbocycles. The van der Waals surface area contributed by atoms with Crippen molar-refractivity contribution in [1.29, 1.82) is 0 Å². The van der Waals surface area contributed by atoms with Crippen molar-refractivity contribution in [2.45, 2.75) is 39.3 Å². The molecule has 1 rings (SSSR count). The summed E-state index contributed by atoms with van der Waals surface area (Å²) in [5.74, 6) is 0. The van der Waals surface area contributed by atoms with Gasteiger partial charge in [0.2, 0.25) is 0 Å². The first-order chi connectivity index (χ1) is 5.84. The summed E-state index contributed by atoms with van der Waals surface area (Å²) in [5, 5.41) is 14.0. The zero-order valence-corrected chi connectivity index (χ0v) is 9.96. The van der Waals surface area contributed by atoms with Crippen LogP contribution in [0.4, 0.5) is 0 Å². The van der Waals surface area contributed by atoms with Gasteiger partial charge in [0.05, 0.1) is 22.3 Å². The number of aromatic nitrogens is 2. The minimum absolute atomic E-state index is 0.0289. The lowest BCUT2D eigenvalue weighted by Crippen LogP contribution is -2.32. The van der Waals surface area contributed by atoms with Crippen LogP contribution in [0, 0.1) is 6.92 Å². The van der Waals surface area contributed by atoms with Gasteiger partial charge in [0.25, 0.3) is 0 Å². The molecule has 0 radical (unpaired) electrons. The van der Waals surface area contributed by atoms with Crippen molar-refractivity contribution in [1.82, 2.24) is 9.78 Å². The van der Waals surface area contributed by atoms with Crippen LogP contribution in [0.5, 0.6) is 0 Å². The summed E-state index contributed by atoms with van der Waals surface area (Å²) < 4.78 is 2.80. The topological polar surface area (TPSA) is 38.0 Å². The molecular formula is C9H15BrN2O. The molecule has 0 spiro atoms. The minimum Gasteiger partial charge on any atom is -0.388 e. The smallest absolute Gasteiger partial charge is 0.0812 e. The molecule has 0 fully saturated rings. The predicted molar refractivity (Wildman–Crippen MR) is 55.7 cm³/mol. The number of hydrogen-bond acceptors (Lipinski definition) is 2. The highest BCUT2D eigenvalue weighted by molar-refractivity contribution is 9.10. The average Bonchev–Trinajstić information content (AvgIpc) is 2.30. The fourth-order valence-electron chi connectivity index (χ4n) is 1.09. The molecule has 13 heavy (non-hydrogen) atoms. The SMILES string of the molecule is Cc1c(Br)cnn1C(C)C(C)(C)O. The van der Waals surface area contributed by atoms with Gasteiger partial charge in [-0.25, -0.2) is 0 Å². The van der Waals surface area contributed by atoms with E-state index in [-0.39, 0.29) is 6.04 Å². The first-order valence-electron chi connectivity index (χ1n) is 4.26. The molecule has 1 heterocycles. The van der Waals surface area contributed by atoms with E-state index >= 15 is 0 Å². The van der Waals surface area contributed by atoms with Gasteiger partial charge in [0.1, 0.15) is 0 Å². The fraction of sp³-hybridized carbons (Fsp3) is 0.667. The molecule has 0 saturated heterocycles. The molecule has 1 atom stereocenters. The molecular weight excluding hydrogens is 232 g/mol. The van der Waals surface area contributed by atoms with Crippen LogP contribution in [0.15, 0.2) is 10.7 Å². The van der Waals surface area contributed by atoms with Crippen molar-refractivity contribution in [3.8, 4) is 0 Å².